The summed E-state index contributed by atoms with van der Waals surface area (Å²) in [5.41, 5.74) is 0. The molecule has 0 aromatic rings. The van der Waals surface area contributed by atoms with Crippen LogP contribution < -0.4 is 9.59 Å². The van der Waals surface area contributed by atoms with Crippen molar-refractivity contribution in [3.63, 3.8) is 0 Å². The number of hydrogen-bond acceptors (Lipinski definition) is 3. The molecule has 0 aliphatic heterocycles. The summed E-state index contributed by atoms with van der Waals surface area (Å²) in [6, 6.07) is 0. The molecule has 0 atom stereocenters. The quantitative estimate of drug-likeness (QED) is 0.395. The van der Waals surface area contributed by atoms with Gasteiger partial charge in [0.05, 0.1) is 0 Å². The Balaban J connectivity index is -0.0000000450. The summed E-state index contributed by atoms with van der Waals surface area (Å²) in [5, 5.41) is 0. The van der Waals surface area contributed by atoms with Crippen LogP contribution in [-0.4, -0.2) is 26.5 Å². The zero-order valence-corrected chi connectivity index (χ0v) is 6.24. The molecule has 0 saturated heterocycles. The van der Waals surface area contributed by atoms with Crippen LogP contribution in [-0.2, 0) is 26.8 Å². The SMILES string of the molecule is O=[Si]([O-])[O-].[Ag+].[Al+3]. The number of rotatable bonds is 0. The Morgan fingerprint density at radius 3 is 1.33 bits per heavy atom. The summed E-state index contributed by atoms with van der Waals surface area (Å²) in [6.45, 7) is 0. The van der Waals surface area contributed by atoms with Crippen molar-refractivity contribution in [2.24, 2.45) is 0 Å². The summed E-state index contributed by atoms with van der Waals surface area (Å²) in [6.07, 6.45) is 0. The van der Waals surface area contributed by atoms with Gasteiger partial charge in [0, 0.05) is 9.17 Å². The smallest absolute Gasteiger partial charge is 0.672 e. The summed E-state index contributed by atoms with van der Waals surface area (Å²) in [4.78, 5) is 17.0. The molecule has 0 saturated carbocycles. The van der Waals surface area contributed by atoms with Crippen LogP contribution in [0.3, 0.4) is 0 Å². The van der Waals surface area contributed by atoms with Gasteiger partial charge in [-0.2, -0.15) is 0 Å². The maximum Gasteiger partial charge on any atom is 3.00 e. The second-order valence-corrected chi connectivity index (χ2v) is 0.750. The van der Waals surface area contributed by atoms with E-state index in [1.807, 2.05) is 0 Å². The van der Waals surface area contributed by atoms with Crippen LogP contribution in [0.1, 0.15) is 0 Å². The largest absolute Gasteiger partial charge is 3.00 e. The van der Waals surface area contributed by atoms with Crippen molar-refractivity contribution < 1.29 is 36.4 Å². The predicted molar refractivity (Wildman–Crippen MR) is 12.2 cm³/mol. The second-order valence-electron chi connectivity index (χ2n) is 0.250. The summed E-state index contributed by atoms with van der Waals surface area (Å²) in [7, 11) is -3.63. The van der Waals surface area contributed by atoms with Gasteiger partial charge in [0.25, 0.3) is 0 Å². The van der Waals surface area contributed by atoms with E-state index >= 15 is 0 Å². The fourth-order valence-corrected chi connectivity index (χ4v) is 0. The van der Waals surface area contributed by atoms with Crippen molar-refractivity contribution in [2.45, 2.75) is 0 Å². The molecule has 0 N–H and O–H groups in total. The first-order valence-electron chi connectivity index (χ1n) is 0.612. The molecule has 0 radical (unpaired) electrons. The maximum atomic E-state index is 8.52. The molecule has 0 aliphatic rings. The molecule has 0 unspecified atom stereocenters. The van der Waals surface area contributed by atoms with E-state index in [2.05, 4.69) is 0 Å². The summed E-state index contributed by atoms with van der Waals surface area (Å²) < 4.78 is 8.52. The molecule has 3 nitrogen and oxygen atoms in total. The third kappa shape index (κ3) is 93.5. The third-order valence-corrected chi connectivity index (χ3v) is 0. The monoisotopic (exact) mass is 210 g/mol. The van der Waals surface area contributed by atoms with Gasteiger partial charge in [-0.1, -0.05) is 0 Å². The van der Waals surface area contributed by atoms with Gasteiger partial charge in [0.1, 0.15) is 0 Å². The second kappa shape index (κ2) is 9.31. The maximum absolute atomic E-state index is 8.52. The summed E-state index contributed by atoms with van der Waals surface area (Å²) >= 11 is 0. The van der Waals surface area contributed by atoms with E-state index < -0.39 is 9.17 Å². The Hall–Kier alpha value is 0.890. The van der Waals surface area contributed by atoms with Crippen LogP contribution in [0.15, 0.2) is 0 Å². The molecule has 0 aliphatic carbocycles. The minimum absolute atomic E-state index is 0. The predicted octanol–water partition coefficient (Wildman–Crippen LogP) is -3.26. The molecule has 0 bridgehead atoms. The van der Waals surface area contributed by atoms with Gasteiger partial charge in [-0.25, -0.2) is 0 Å². The zero-order chi connectivity index (χ0) is 3.58. The topological polar surface area (TPSA) is 63.2 Å². The van der Waals surface area contributed by atoms with E-state index in [4.69, 9.17) is 14.1 Å². The molecular weight excluding hydrogens is 211 g/mol. The molecule has 34 valence electrons. The first kappa shape index (κ1) is 15.8. The summed E-state index contributed by atoms with van der Waals surface area (Å²) in [5.74, 6) is 0. The van der Waals surface area contributed by atoms with Crippen molar-refractivity contribution in [2.75, 3.05) is 0 Å². The van der Waals surface area contributed by atoms with Crippen molar-refractivity contribution in [1.29, 1.82) is 0 Å². The van der Waals surface area contributed by atoms with Gasteiger partial charge in [-0.15, -0.1) is 0 Å². The van der Waals surface area contributed by atoms with Crippen LogP contribution in [0.2, 0.25) is 0 Å². The fourth-order valence-electron chi connectivity index (χ4n) is 0. The number of hydrogen-bond donors (Lipinski definition) is 0. The Bertz CT molecular complexity index is 33.8. The van der Waals surface area contributed by atoms with E-state index in [0.717, 1.165) is 0 Å². The minimum Gasteiger partial charge on any atom is -0.672 e. The van der Waals surface area contributed by atoms with Gasteiger partial charge in [-0.3, -0.25) is 0 Å². The van der Waals surface area contributed by atoms with Crippen molar-refractivity contribution in [3.05, 3.63) is 0 Å². The molecule has 0 heterocycles. The van der Waals surface area contributed by atoms with Crippen molar-refractivity contribution >= 4 is 26.5 Å². The van der Waals surface area contributed by atoms with Crippen molar-refractivity contribution in [1.82, 2.24) is 0 Å². The standard InChI is InChI=1S/Ag.Al.O3Si/c;;1-4(2)3/q+1;+3;-2. The fraction of sp³-hybridized carbons (Fsp3) is 0. The van der Waals surface area contributed by atoms with Gasteiger partial charge >= 0.3 is 39.7 Å². The van der Waals surface area contributed by atoms with E-state index in [0.29, 0.717) is 0 Å². The molecule has 6 heteroatoms. The molecule has 0 rings (SSSR count). The van der Waals surface area contributed by atoms with Crippen molar-refractivity contribution in [3.8, 4) is 0 Å². The van der Waals surface area contributed by atoms with Gasteiger partial charge in [0.2, 0.25) is 0 Å². The Kier molecular flexibility index (Phi) is 24.5. The van der Waals surface area contributed by atoms with Crippen LogP contribution in [0, 0.1) is 0 Å². The first-order valence-corrected chi connectivity index (χ1v) is 1.84. The van der Waals surface area contributed by atoms with E-state index in [1.165, 1.54) is 0 Å². The van der Waals surface area contributed by atoms with Crippen LogP contribution in [0.4, 0.5) is 0 Å². The van der Waals surface area contributed by atoms with Crippen LogP contribution >= 0.6 is 0 Å². The molecule has 6 heavy (non-hydrogen) atoms. The first-order chi connectivity index (χ1) is 1.73. The van der Waals surface area contributed by atoms with E-state index in [-0.39, 0.29) is 39.7 Å². The van der Waals surface area contributed by atoms with Crippen LogP contribution in [0.5, 0.6) is 0 Å². The van der Waals surface area contributed by atoms with Gasteiger partial charge in [0.15, 0.2) is 0 Å². The van der Waals surface area contributed by atoms with Gasteiger partial charge in [-0.05, 0) is 0 Å². The average molecular weight is 211 g/mol. The Labute approximate surface area is 62.9 Å². The average Bonchev–Trinajstić information content (AvgIpc) is 0.811. The molecular formula is AgAlO3Si+2. The molecule has 0 aromatic carbocycles. The van der Waals surface area contributed by atoms with E-state index in [1.54, 1.807) is 0 Å². The minimum atomic E-state index is -3.63. The van der Waals surface area contributed by atoms with Crippen LogP contribution in [0.25, 0.3) is 0 Å². The Morgan fingerprint density at radius 2 is 1.33 bits per heavy atom. The molecule has 0 amide bonds. The third-order valence-electron chi connectivity index (χ3n) is 0. The molecule has 0 aromatic heterocycles. The normalized spacial score (nSPS) is 4.00. The zero-order valence-electron chi connectivity index (χ0n) is 2.60. The van der Waals surface area contributed by atoms with Gasteiger partial charge < -0.3 is 14.1 Å². The molecule has 0 spiro atoms. The molecule has 0 fully saturated rings. The Morgan fingerprint density at radius 1 is 1.33 bits per heavy atom. The van der Waals surface area contributed by atoms with E-state index in [9.17, 15) is 0 Å².